The molecule has 0 saturated carbocycles. The molecular formula is C17H17FO2S. The molecule has 1 aliphatic carbocycles. The first-order valence-corrected chi connectivity index (χ1v) is 8.00. The Balaban J connectivity index is 1.90. The number of rotatable bonds is 3. The van der Waals surface area contributed by atoms with E-state index in [0.717, 1.165) is 12.8 Å². The molecule has 2 nitrogen and oxygen atoms in total. The van der Waals surface area contributed by atoms with Gasteiger partial charge in [-0.05, 0) is 55.5 Å². The van der Waals surface area contributed by atoms with Gasteiger partial charge in [-0.1, -0.05) is 6.42 Å². The Morgan fingerprint density at radius 3 is 2.76 bits per heavy atom. The van der Waals surface area contributed by atoms with Gasteiger partial charge in [-0.25, -0.2) is 4.39 Å². The third kappa shape index (κ3) is 2.86. The summed E-state index contributed by atoms with van der Waals surface area (Å²) in [7, 11) is 1.41. The SMILES string of the molecule is COc1ccc(C(=O)c2cc3c(s2)CCCCC3)cc1F. The maximum Gasteiger partial charge on any atom is 0.203 e. The number of benzene rings is 1. The standard InChI is InChI=1S/C17H17FO2S/c1-20-14-8-7-12(9-13(14)18)17(19)16-10-11-5-3-2-4-6-15(11)21-16/h7-10H,2-6H2,1H3. The van der Waals surface area contributed by atoms with Crippen molar-refractivity contribution < 1.29 is 13.9 Å². The van der Waals surface area contributed by atoms with E-state index in [4.69, 9.17) is 4.74 Å². The number of hydrogen-bond acceptors (Lipinski definition) is 3. The van der Waals surface area contributed by atoms with Crippen molar-refractivity contribution in [3.8, 4) is 5.75 Å². The van der Waals surface area contributed by atoms with Crippen LogP contribution in [0.25, 0.3) is 0 Å². The van der Waals surface area contributed by atoms with Crippen LogP contribution in [0.4, 0.5) is 4.39 Å². The highest BCUT2D eigenvalue weighted by atomic mass is 32.1. The molecule has 0 saturated heterocycles. The van der Waals surface area contributed by atoms with Gasteiger partial charge in [0, 0.05) is 10.4 Å². The number of methoxy groups -OCH3 is 1. The number of ether oxygens (including phenoxy) is 1. The molecule has 4 heteroatoms. The van der Waals surface area contributed by atoms with E-state index in [1.54, 1.807) is 17.4 Å². The summed E-state index contributed by atoms with van der Waals surface area (Å²) >= 11 is 1.56. The summed E-state index contributed by atoms with van der Waals surface area (Å²) in [6.07, 6.45) is 5.75. The van der Waals surface area contributed by atoms with Gasteiger partial charge in [0.2, 0.25) is 5.78 Å². The second kappa shape index (κ2) is 5.98. The Labute approximate surface area is 127 Å². The number of ketones is 1. The van der Waals surface area contributed by atoms with Gasteiger partial charge in [-0.15, -0.1) is 11.3 Å². The molecule has 0 atom stereocenters. The number of halogens is 1. The van der Waals surface area contributed by atoms with E-state index in [9.17, 15) is 9.18 Å². The molecule has 0 amide bonds. The van der Waals surface area contributed by atoms with E-state index < -0.39 is 5.82 Å². The number of thiophene rings is 1. The first kappa shape index (κ1) is 14.3. The van der Waals surface area contributed by atoms with Crippen LogP contribution in [0.2, 0.25) is 0 Å². The van der Waals surface area contributed by atoms with Gasteiger partial charge in [0.15, 0.2) is 11.6 Å². The monoisotopic (exact) mass is 304 g/mol. The van der Waals surface area contributed by atoms with Crippen LogP contribution < -0.4 is 4.74 Å². The Kier molecular flexibility index (Phi) is 4.06. The second-order valence-electron chi connectivity index (χ2n) is 5.30. The van der Waals surface area contributed by atoms with Crippen LogP contribution in [0.15, 0.2) is 24.3 Å². The predicted octanol–water partition coefficient (Wildman–Crippen LogP) is 4.40. The van der Waals surface area contributed by atoms with Crippen molar-refractivity contribution in [1.82, 2.24) is 0 Å². The summed E-state index contributed by atoms with van der Waals surface area (Å²) in [5.41, 5.74) is 1.68. The summed E-state index contributed by atoms with van der Waals surface area (Å²) in [4.78, 5) is 14.5. The third-order valence-corrected chi connectivity index (χ3v) is 5.12. The highest BCUT2D eigenvalue weighted by Gasteiger charge is 2.18. The lowest BCUT2D eigenvalue weighted by atomic mass is 10.1. The minimum absolute atomic E-state index is 0.102. The highest BCUT2D eigenvalue weighted by molar-refractivity contribution is 7.14. The lowest BCUT2D eigenvalue weighted by Gasteiger charge is -2.03. The van der Waals surface area contributed by atoms with E-state index in [2.05, 4.69) is 0 Å². The fourth-order valence-electron chi connectivity index (χ4n) is 2.73. The van der Waals surface area contributed by atoms with Gasteiger partial charge in [-0.3, -0.25) is 4.79 Å². The van der Waals surface area contributed by atoms with Crippen LogP contribution in [0.1, 0.15) is 44.9 Å². The van der Waals surface area contributed by atoms with Crippen molar-refractivity contribution in [2.75, 3.05) is 7.11 Å². The minimum atomic E-state index is -0.499. The van der Waals surface area contributed by atoms with Gasteiger partial charge < -0.3 is 4.74 Å². The number of hydrogen-bond donors (Lipinski definition) is 0. The molecule has 0 spiro atoms. The van der Waals surface area contributed by atoms with Gasteiger partial charge >= 0.3 is 0 Å². The molecule has 1 aromatic heterocycles. The van der Waals surface area contributed by atoms with Gasteiger partial charge in [0.05, 0.1) is 12.0 Å². The first-order chi connectivity index (χ1) is 10.2. The summed E-state index contributed by atoms with van der Waals surface area (Å²) in [5, 5.41) is 0. The number of carbonyl (C=O) groups is 1. The maximum absolute atomic E-state index is 13.7. The van der Waals surface area contributed by atoms with Crippen LogP contribution in [0.3, 0.4) is 0 Å². The molecule has 1 aromatic carbocycles. The summed E-state index contributed by atoms with van der Waals surface area (Å²) < 4.78 is 18.6. The van der Waals surface area contributed by atoms with Crippen LogP contribution in [-0.4, -0.2) is 12.9 Å². The zero-order valence-electron chi connectivity index (χ0n) is 11.9. The molecule has 0 bridgehead atoms. The van der Waals surface area contributed by atoms with Crippen molar-refractivity contribution in [2.45, 2.75) is 32.1 Å². The molecule has 3 rings (SSSR count). The lowest BCUT2D eigenvalue weighted by Crippen LogP contribution is -2.00. The molecule has 110 valence electrons. The molecular weight excluding hydrogens is 287 g/mol. The quantitative estimate of drug-likeness (QED) is 0.621. The minimum Gasteiger partial charge on any atom is -0.494 e. The summed E-state index contributed by atoms with van der Waals surface area (Å²) in [6, 6.07) is 6.37. The molecule has 2 aromatic rings. The fraction of sp³-hybridized carbons (Fsp3) is 0.353. The van der Waals surface area contributed by atoms with E-state index in [1.807, 2.05) is 6.07 Å². The van der Waals surface area contributed by atoms with Crippen LogP contribution in [0.5, 0.6) is 5.75 Å². The number of carbonyl (C=O) groups excluding carboxylic acids is 1. The average molecular weight is 304 g/mol. The van der Waals surface area contributed by atoms with Gasteiger partial charge in [0.25, 0.3) is 0 Å². The normalized spacial score (nSPS) is 14.4. The Bertz CT molecular complexity index is 652. The van der Waals surface area contributed by atoms with Crippen molar-refractivity contribution >= 4 is 17.1 Å². The largest absolute Gasteiger partial charge is 0.494 e. The number of aryl methyl sites for hydroxylation is 2. The lowest BCUT2D eigenvalue weighted by molar-refractivity contribution is 0.104. The van der Waals surface area contributed by atoms with E-state index >= 15 is 0 Å². The van der Waals surface area contributed by atoms with Gasteiger partial charge in [0.1, 0.15) is 0 Å². The summed E-state index contributed by atoms with van der Waals surface area (Å²) in [6.45, 7) is 0. The first-order valence-electron chi connectivity index (χ1n) is 7.19. The van der Waals surface area contributed by atoms with Crippen molar-refractivity contribution in [3.63, 3.8) is 0 Å². The molecule has 0 fully saturated rings. The van der Waals surface area contributed by atoms with Crippen LogP contribution >= 0.6 is 11.3 Å². The molecule has 0 radical (unpaired) electrons. The highest BCUT2D eigenvalue weighted by Crippen LogP contribution is 2.31. The maximum atomic E-state index is 13.7. The molecule has 1 aliphatic rings. The smallest absolute Gasteiger partial charge is 0.203 e. The van der Waals surface area contributed by atoms with E-state index in [0.29, 0.717) is 10.4 Å². The van der Waals surface area contributed by atoms with E-state index in [-0.39, 0.29) is 11.5 Å². The zero-order chi connectivity index (χ0) is 14.8. The van der Waals surface area contributed by atoms with Gasteiger partial charge in [-0.2, -0.15) is 0 Å². The second-order valence-corrected chi connectivity index (χ2v) is 6.43. The third-order valence-electron chi connectivity index (χ3n) is 3.88. The van der Waals surface area contributed by atoms with Crippen LogP contribution in [0, 0.1) is 5.82 Å². The molecule has 0 aliphatic heterocycles. The fourth-order valence-corrected chi connectivity index (χ4v) is 3.94. The van der Waals surface area contributed by atoms with E-state index in [1.165, 1.54) is 48.9 Å². The topological polar surface area (TPSA) is 26.3 Å². The van der Waals surface area contributed by atoms with Crippen molar-refractivity contribution in [1.29, 1.82) is 0 Å². The molecule has 0 unspecified atom stereocenters. The Morgan fingerprint density at radius 1 is 1.19 bits per heavy atom. The Hall–Kier alpha value is -1.68. The summed E-state index contributed by atoms with van der Waals surface area (Å²) in [5.74, 6) is -0.440. The molecule has 21 heavy (non-hydrogen) atoms. The Morgan fingerprint density at radius 2 is 2.00 bits per heavy atom. The van der Waals surface area contributed by atoms with Crippen LogP contribution in [-0.2, 0) is 12.8 Å². The predicted molar refractivity (Wildman–Crippen MR) is 82.0 cm³/mol. The zero-order valence-corrected chi connectivity index (χ0v) is 12.8. The molecule has 1 heterocycles. The average Bonchev–Trinajstić information content (AvgIpc) is 2.77. The van der Waals surface area contributed by atoms with Crippen molar-refractivity contribution in [3.05, 3.63) is 51.0 Å². The molecule has 0 N–H and O–H groups in total. The van der Waals surface area contributed by atoms with Crippen molar-refractivity contribution in [2.24, 2.45) is 0 Å². The number of fused-ring (bicyclic) bond motifs is 1.